The van der Waals surface area contributed by atoms with Crippen LogP contribution >= 0.6 is 0 Å². The Morgan fingerprint density at radius 3 is 2.67 bits per heavy atom. The molecular weight excluding hydrogens is 260 g/mol. The molecule has 0 heterocycles. The van der Waals surface area contributed by atoms with Gasteiger partial charge in [0.25, 0.3) is 0 Å². The molecule has 0 saturated heterocycles. The van der Waals surface area contributed by atoms with E-state index >= 15 is 0 Å². The number of unbranched alkanes of at least 4 members (excludes halogenated alkanes) is 2. The van der Waals surface area contributed by atoms with Gasteiger partial charge in [-0.25, -0.2) is 0 Å². The number of nitrogens with one attached hydrogen (secondary N) is 1. The van der Waals surface area contributed by atoms with Crippen LogP contribution in [0.2, 0.25) is 0 Å². The van der Waals surface area contributed by atoms with Crippen molar-refractivity contribution in [2.45, 2.75) is 71.8 Å². The summed E-state index contributed by atoms with van der Waals surface area (Å²) in [5.41, 5.74) is 0.466. The third kappa shape index (κ3) is 7.62. The minimum Gasteiger partial charge on any atom is -0.396 e. The lowest BCUT2D eigenvalue weighted by Gasteiger charge is -2.43. The zero-order valence-corrected chi connectivity index (χ0v) is 14.8. The Hall–Kier alpha value is -0.120. The lowest BCUT2D eigenvalue weighted by molar-refractivity contribution is 0.0887. The second-order valence-electron chi connectivity index (χ2n) is 7.76. The number of hydrogen-bond donors (Lipinski definition) is 2. The van der Waals surface area contributed by atoms with E-state index in [0.717, 1.165) is 31.8 Å². The maximum atomic E-state index is 8.86. The first-order valence-corrected chi connectivity index (χ1v) is 9.00. The molecule has 0 aromatic carbocycles. The summed E-state index contributed by atoms with van der Waals surface area (Å²) in [6.07, 6.45) is 8.84. The highest BCUT2D eigenvalue weighted by atomic mass is 16.2. The number of rotatable bonds is 10. The molecule has 1 aliphatic carbocycles. The van der Waals surface area contributed by atoms with E-state index in [4.69, 9.17) is 5.11 Å². The highest BCUT2D eigenvalue weighted by molar-refractivity contribution is 4.89. The molecule has 1 saturated carbocycles. The average molecular weight is 299 g/mol. The first-order chi connectivity index (χ1) is 9.97. The molecule has 3 nitrogen and oxygen atoms in total. The van der Waals surface area contributed by atoms with Crippen LogP contribution in [0.3, 0.4) is 0 Å². The Morgan fingerprint density at radius 1 is 1.29 bits per heavy atom. The number of aliphatic hydroxyl groups excluding tert-OH is 1. The number of aliphatic hydroxyl groups is 1. The molecule has 0 amide bonds. The maximum Gasteiger partial charge on any atom is 0.0431 e. The summed E-state index contributed by atoms with van der Waals surface area (Å²) >= 11 is 0. The van der Waals surface area contributed by atoms with Crippen molar-refractivity contribution in [1.82, 2.24) is 10.2 Å². The van der Waals surface area contributed by atoms with Crippen LogP contribution in [0.15, 0.2) is 0 Å². The number of hydrogen-bond acceptors (Lipinski definition) is 3. The standard InChI is InChI=1S/C18H38N2O/c1-16(2)19-14-18(10-8-9-17(3)13-18)15-20(4)11-6-5-7-12-21/h16-17,19,21H,5-15H2,1-4H3. The molecule has 2 N–H and O–H groups in total. The van der Waals surface area contributed by atoms with Crippen LogP contribution in [0.4, 0.5) is 0 Å². The van der Waals surface area contributed by atoms with Gasteiger partial charge in [-0.3, -0.25) is 0 Å². The molecule has 1 fully saturated rings. The predicted molar refractivity (Wildman–Crippen MR) is 91.6 cm³/mol. The first kappa shape index (κ1) is 18.9. The summed E-state index contributed by atoms with van der Waals surface area (Å²) in [6, 6.07) is 0.578. The van der Waals surface area contributed by atoms with Crippen molar-refractivity contribution in [3.05, 3.63) is 0 Å². The van der Waals surface area contributed by atoms with Crippen molar-refractivity contribution < 1.29 is 5.11 Å². The quantitative estimate of drug-likeness (QED) is 0.608. The molecule has 2 atom stereocenters. The fourth-order valence-electron chi connectivity index (χ4n) is 3.87. The van der Waals surface area contributed by atoms with Gasteiger partial charge < -0.3 is 15.3 Å². The van der Waals surface area contributed by atoms with E-state index < -0.39 is 0 Å². The molecule has 3 heteroatoms. The van der Waals surface area contributed by atoms with Gasteiger partial charge in [0.1, 0.15) is 0 Å². The third-order valence-corrected chi connectivity index (χ3v) is 4.87. The fraction of sp³-hybridized carbons (Fsp3) is 1.00. The van der Waals surface area contributed by atoms with Crippen LogP contribution in [0.1, 0.15) is 65.7 Å². The zero-order chi connectivity index (χ0) is 15.7. The Labute approximate surface area is 132 Å². The summed E-state index contributed by atoms with van der Waals surface area (Å²) in [5, 5.41) is 12.6. The van der Waals surface area contributed by atoms with Gasteiger partial charge in [0.15, 0.2) is 0 Å². The molecule has 21 heavy (non-hydrogen) atoms. The van der Waals surface area contributed by atoms with E-state index in [1.54, 1.807) is 0 Å². The highest BCUT2D eigenvalue weighted by Crippen LogP contribution is 2.39. The summed E-state index contributed by atoms with van der Waals surface area (Å²) in [4.78, 5) is 2.53. The molecule has 0 radical (unpaired) electrons. The Bertz CT molecular complexity index is 270. The Morgan fingerprint density at radius 2 is 2.05 bits per heavy atom. The van der Waals surface area contributed by atoms with E-state index in [1.165, 1.54) is 38.6 Å². The molecule has 0 aromatic rings. The van der Waals surface area contributed by atoms with Gasteiger partial charge in [0.2, 0.25) is 0 Å². The van der Waals surface area contributed by atoms with Crippen LogP contribution < -0.4 is 5.32 Å². The van der Waals surface area contributed by atoms with Crippen molar-refractivity contribution in [2.75, 3.05) is 33.3 Å². The molecule has 2 unspecified atom stereocenters. The minimum absolute atomic E-state index is 0.337. The molecule has 1 aliphatic rings. The van der Waals surface area contributed by atoms with Crippen LogP contribution in [-0.2, 0) is 0 Å². The minimum atomic E-state index is 0.337. The van der Waals surface area contributed by atoms with Crippen molar-refractivity contribution in [3.8, 4) is 0 Å². The van der Waals surface area contributed by atoms with E-state index in [-0.39, 0.29) is 0 Å². The number of nitrogens with zero attached hydrogens (tertiary/aromatic N) is 1. The van der Waals surface area contributed by atoms with Crippen LogP contribution in [0.25, 0.3) is 0 Å². The average Bonchev–Trinajstić information content (AvgIpc) is 2.41. The van der Waals surface area contributed by atoms with E-state index in [2.05, 4.69) is 38.0 Å². The second-order valence-corrected chi connectivity index (χ2v) is 7.76. The second kappa shape index (κ2) is 9.81. The lowest BCUT2D eigenvalue weighted by atomic mass is 9.69. The van der Waals surface area contributed by atoms with E-state index in [0.29, 0.717) is 18.1 Å². The van der Waals surface area contributed by atoms with Crippen molar-refractivity contribution >= 4 is 0 Å². The van der Waals surface area contributed by atoms with E-state index in [1.807, 2.05) is 0 Å². The van der Waals surface area contributed by atoms with Gasteiger partial charge in [-0.1, -0.05) is 33.6 Å². The molecule has 0 spiro atoms. The van der Waals surface area contributed by atoms with Gasteiger partial charge in [0.05, 0.1) is 0 Å². The van der Waals surface area contributed by atoms with Crippen LogP contribution in [-0.4, -0.2) is 49.3 Å². The van der Waals surface area contributed by atoms with Crippen LogP contribution in [0, 0.1) is 11.3 Å². The Kier molecular flexibility index (Phi) is 8.84. The smallest absolute Gasteiger partial charge is 0.0431 e. The third-order valence-electron chi connectivity index (χ3n) is 4.87. The lowest BCUT2D eigenvalue weighted by Crippen LogP contribution is -2.47. The monoisotopic (exact) mass is 298 g/mol. The molecule has 0 aliphatic heterocycles. The Balaban J connectivity index is 2.47. The van der Waals surface area contributed by atoms with Gasteiger partial charge in [-0.05, 0) is 57.0 Å². The first-order valence-electron chi connectivity index (χ1n) is 9.00. The van der Waals surface area contributed by atoms with Gasteiger partial charge >= 0.3 is 0 Å². The predicted octanol–water partition coefficient (Wildman–Crippen LogP) is 3.28. The van der Waals surface area contributed by atoms with Crippen molar-refractivity contribution in [2.24, 2.45) is 11.3 Å². The SMILES string of the molecule is CC1CCCC(CNC(C)C)(CN(C)CCCCCO)C1. The fourth-order valence-corrected chi connectivity index (χ4v) is 3.87. The zero-order valence-electron chi connectivity index (χ0n) is 14.8. The van der Waals surface area contributed by atoms with Crippen molar-refractivity contribution in [1.29, 1.82) is 0 Å². The summed E-state index contributed by atoms with van der Waals surface area (Å²) in [6.45, 7) is 10.8. The highest BCUT2D eigenvalue weighted by Gasteiger charge is 2.35. The maximum absolute atomic E-state index is 8.86. The topological polar surface area (TPSA) is 35.5 Å². The molecule has 1 rings (SSSR count). The molecule has 0 bridgehead atoms. The summed E-state index contributed by atoms with van der Waals surface area (Å²) in [5.74, 6) is 0.871. The molecular formula is C18H38N2O. The van der Waals surface area contributed by atoms with Crippen molar-refractivity contribution in [3.63, 3.8) is 0 Å². The van der Waals surface area contributed by atoms with Crippen LogP contribution in [0.5, 0.6) is 0 Å². The summed E-state index contributed by atoms with van der Waals surface area (Å²) in [7, 11) is 2.27. The van der Waals surface area contributed by atoms with Gasteiger partial charge in [-0.15, -0.1) is 0 Å². The normalized spacial score (nSPS) is 26.7. The largest absolute Gasteiger partial charge is 0.396 e. The molecule has 126 valence electrons. The van der Waals surface area contributed by atoms with E-state index in [9.17, 15) is 0 Å². The summed E-state index contributed by atoms with van der Waals surface area (Å²) < 4.78 is 0. The van der Waals surface area contributed by atoms with Gasteiger partial charge in [-0.2, -0.15) is 0 Å². The molecule has 0 aromatic heterocycles. The van der Waals surface area contributed by atoms with Gasteiger partial charge in [0, 0.05) is 25.7 Å².